The van der Waals surface area contributed by atoms with Gasteiger partial charge in [-0.25, -0.2) is 9.97 Å². The van der Waals surface area contributed by atoms with Crippen LogP contribution in [0.1, 0.15) is 24.7 Å². The van der Waals surface area contributed by atoms with Crippen LogP contribution in [0.4, 0.5) is 5.95 Å². The summed E-state index contributed by atoms with van der Waals surface area (Å²) in [5.74, 6) is 0.771. The Morgan fingerprint density at radius 1 is 1.43 bits per heavy atom. The quantitative estimate of drug-likeness (QED) is 0.779. The van der Waals surface area contributed by atoms with Crippen molar-refractivity contribution in [3.8, 4) is 0 Å². The zero-order chi connectivity index (χ0) is 10.6. The topological polar surface area (TPSA) is 55.0 Å². The summed E-state index contributed by atoms with van der Waals surface area (Å²) in [6.07, 6.45) is 1.09. The molecule has 1 aromatic heterocycles. The SMILES string of the molecule is CCCN(C)c1nc(C)cc(CN)n1. The molecule has 0 fully saturated rings. The Bertz CT molecular complexity index is 298. The zero-order valence-corrected chi connectivity index (χ0v) is 9.12. The third kappa shape index (κ3) is 2.67. The normalized spacial score (nSPS) is 10.3. The molecule has 0 amide bonds. The largest absolute Gasteiger partial charge is 0.344 e. The molecule has 0 saturated heterocycles. The van der Waals surface area contributed by atoms with Crippen molar-refractivity contribution < 1.29 is 0 Å². The van der Waals surface area contributed by atoms with Gasteiger partial charge in [-0.05, 0) is 19.4 Å². The van der Waals surface area contributed by atoms with Gasteiger partial charge in [0, 0.05) is 25.8 Å². The summed E-state index contributed by atoms with van der Waals surface area (Å²) in [5.41, 5.74) is 7.42. The maximum absolute atomic E-state index is 5.55. The molecule has 0 aliphatic carbocycles. The van der Waals surface area contributed by atoms with Crippen LogP contribution in [0.2, 0.25) is 0 Å². The average Bonchev–Trinajstić information content (AvgIpc) is 2.17. The van der Waals surface area contributed by atoms with Crippen LogP contribution in [-0.4, -0.2) is 23.6 Å². The Morgan fingerprint density at radius 2 is 2.14 bits per heavy atom. The number of anilines is 1. The Hall–Kier alpha value is -1.16. The van der Waals surface area contributed by atoms with Gasteiger partial charge >= 0.3 is 0 Å². The minimum absolute atomic E-state index is 0.469. The van der Waals surface area contributed by atoms with Crippen molar-refractivity contribution in [2.45, 2.75) is 26.8 Å². The van der Waals surface area contributed by atoms with Gasteiger partial charge in [-0.1, -0.05) is 6.92 Å². The number of rotatable bonds is 4. The van der Waals surface area contributed by atoms with Gasteiger partial charge < -0.3 is 10.6 Å². The van der Waals surface area contributed by atoms with Crippen molar-refractivity contribution in [3.05, 3.63) is 17.5 Å². The van der Waals surface area contributed by atoms with E-state index in [0.29, 0.717) is 6.54 Å². The van der Waals surface area contributed by atoms with Gasteiger partial charge in [0.25, 0.3) is 0 Å². The lowest BCUT2D eigenvalue weighted by atomic mass is 10.3. The molecule has 78 valence electrons. The summed E-state index contributed by atoms with van der Waals surface area (Å²) in [5, 5.41) is 0. The van der Waals surface area contributed by atoms with Crippen LogP contribution >= 0.6 is 0 Å². The fourth-order valence-electron chi connectivity index (χ4n) is 1.33. The molecule has 0 spiro atoms. The zero-order valence-electron chi connectivity index (χ0n) is 9.12. The highest BCUT2D eigenvalue weighted by molar-refractivity contribution is 5.30. The highest BCUT2D eigenvalue weighted by Gasteiger charge is 2.05. The smallest absolute Gasteiger partial charge is 0.225 e. The molecule has 4 nitrogen and oxygen atoms in total. The molecule has 4 heteroatoms. The molecule has 2 N–H and O–H groups in total. The lowest BCUT2D eigenvalue weighted by Gasteiger charge is -2.16. The van der Waals surface area contributed by atoms with E-state index in [2.05, 4.69) is 16.9 Å². The fraction of sp³-hybridized carbons (Fsp3) is 0.600. The number of hydrogen-bond donors (Lipinski definition) is 1. The second-order valence-corrected chi connectivity index (χ2v) is 3.43. The molecule has 1 rings (SSSR count). The molecule has 0 saturated carbocycles. The Balaban J connectivity index is 2.90. The minimum atomic E-state index is 0.469. The first kappa shape index (κ1) is 10.9. The molecule has 0 radical (unpaired) electrons. The highest BCUT2D eigenvalue weighted by atomic mass is 15.2. The molecular weight excluding hydrogens is 176 g/mol. The second kappa shape index (κ2) is 4.91. The highest BCUT2D eigenvalue weighted by Crippen LogP contribution is 2.08. The average molecular weight is 194 g/mol. The summed E-state index contributed by atoms with van der Waals surface area (Å²) in [6.45, 7) is 5.53. The van der Waals surface area contributed by atoms with E-state index in [9.17, 15) is 0 Å². The molecule has 0 aliphatic rings. The van der Waals surface area contributed by atoms with Crippen molar-refractivity contribution >= 4 is 5.95 Å². The molecule has 14 heavy (non-hydrogen) atoms. The van der Waals surface area contributed by atoms with E-state index < -0.39 is 0 Å². The molecule has 0 unspecified atom stereocenters. The van der Waals surface area contributed by atoms with E-state index >= 15 is 0 Å². The number of nitrogens with zero attached hydrogens (tertiary/aromatic N) is 3. The lowest BCUT2D eigenvalue weighted by molar-refractivity contribution is 0.803. The summed E-state index contributed by atoms with van der Waals surface area (Å²) in [7, 11) is 2.00. The summed E-state index contributed by atoms with van der Waals surface area (Å²) >= 11 is 0. The van der Waals surface area contributed by atoms with Gasteiger partial charge in [0.05, 0.1) is 5.69 Å². The number of nitrogens with two attached hydrogens (primary N) is 1. The van der Waals surface area contributed by atoms with Crippen LogP contribution in [-0.2, 0) is 6.54 Å². The molecule has 0 aromatic carbocycles. The molecule has 0 atom stereocenters. The summed E-state index contributed by atoms with van der Waals surface area (Å²) in [4.78, 5) is 10.8. The maximum Gasteiger partial charge on any atom is 0.225 e. The standard InChI is InChI=1S/C10H18N4/c1-4-5-14(3)10-12-8(2)6-9(7-11)13-10/h6H,4-5,7,11H2,1-3H3. The Labute approximate surface area is 85.2 Å². The van der Waals surface area contributed by atoms with Crippen LogP contribution < -0.4 is 10.6 Å². The monoisotopic (exact) mass is 194 g/mol. The van der Waals surface area contributed by atoms with Crippen LogP contribution in [0.3, 0.4) is 0 Å². The van der Waals surface area contributed by atoms with E-state index in [0.717, 1.165) is 30.3 Å². The minimum Gasteiger partial charge on any atom is -0.344 e. The third-order valence-electron chi connectivity index (χ3n) is 2.01. The van der Waals surface area contributed by atoms with Crippen molar-refractivity contribution in [1.82, 2.24) is 9.97 Å². The lowest BCUT2D eigenvalue weighted by Crippen LogP contribution is -2.21. The molecule has 0 aliphatic heterocycles. The molecular formula is C10H18N4. The number of aromatic nitrogens is 2. The van der Waals surface area contributed by atoms with Gasteiger partial charge in [-0.2, -0.15) is 0 Å². The van der Waals surface area contributed by atoms with Gasteiger partial charge in [-0.3, -0.25) is 0 Å². The number of aryl methyl sites for hydroxylation is 1. The predicted octanol–water partition coefficient (Wildman–Crippen LogP) is 1.09. The first-order valence-corrected chi connectivity index (χ1v) is 4.93. The van der Waals surface area contributed by atoms with Crippen molar-refractivity contribution in [2.75, 3.05) is 18.5 Å². The van der Waals surface area contributed by atoms with E-state index in [1.165, 1.54) is 0 Å². The van der Waals surface area contributed by atoms with E-state index in [1.54, 1.807) is 0 Å². The first-order chi connectivity index (χ1) is 6.67. The molecule has 0 bridgehead atoms. The van der Waals surface area contributed by atoms with Crippen LogP contribution in [0.15, 0.2) is 6.07 Å². The van der Waals surface area contributed by atoms with E-state index in [4.69, 9.17) is 5.73 Å². The van der Waals surface area contributed by atoms with Crippen molar-refractivity contribution in [1.29, 1.82) is 0 Å². The molecule has 1 aromatic rings. The summed E-state index contributed by atoms with van der Waals surface area (Å²) in [6, 6.07) is 1.92. The maximum atomic E-state index is 5.55. The van der Waals surface area contributed by atoms with Crippen molar-refractivity contribution in [2.24, 2.45) is 5.73 Å². The predicted molar refractivity (Wildman–Crippen MR) is 58.2 cm³/mol. The fourth-order valence-corrected chi connectivity index (χ4v) is 1.33. The van der Waals surface area contributed by atoms with Gasteiger partial charge in [0.15, 0.2) is 0 Å². The second-order valence-electron chi connectivity index (χ2n) is 3.43. The van der Waals surface area contributed by atoms with Crippen LogP contribution in [0.25, 0.3) is 0 Å². The van der Waals surface area contributed by atoms with Crippen molar-refractivity contribution in [3.63, 3.8) is 0 Å². The van der Waals surface area contributed by atoms with Gasteiger partial charge in [0.1, 0.15) is 0 Å². The Kier molecular flexibility index (Phi) is 3.83. The summed E-state index contributed by atoms with van der Waals surface area (Å²) < 4.78 is 0. The third-order valence-corrected chi connectivity index (χ3v) is 2.01. The van der Waals surface area contributed by atoms with Crippen LogP contribution in [0, 0.1) is 6.92 Å². The van der Waals surface area contributed by atoms with Crippen LogP contribution in [0.5, 0.6) is 0 Å². The number of hydrogen-bond acceptors (Lipinski definition) is 4. The van der Waals surface area contributed by atoms with E-state index in [1.807, 2.05) is 24.9 Å². The van der Waals surface area contributed by atoms with E-state index in [-0.39, 0.29) is 0 Å². The first-order valence-electron chi connectivity index (χ1n) is 4.93. The molecule has 1 heterocycles. The van der Waals surface area contributed by atoms with Gasteiger partial charge in [0.2, 0.25) is 5.95 Å². The van der Waals surface area contributed by atoms with Gasteiger partial charge in [-0.15, -0.1) is 0 Å². The Morgan fingerprint density at radius 3 is 2.71 bits per heavy atom.